The molecular weight excluding hydrogens is 368 g/mol. The molecule has 2 aromatic carbocycles. The molecule has 2 rings (SSSR count). The third-order valence-electron chi connectivity index (χ3n) is 2.96. The first-order valence-corrected chi connectivity index (χ1v) is 7.52. The zero-order valence-electron chi connectivity index (χ0n) is 10.9. The van der Waals surface area contributed by atoms with Crippen molar-refractivity contribution in [2.24, 2.45) is 0 Å². The van der Waals surface area contributed by atoms with Crippen molar-refractivity contribution in [1.29, 1.82) is 0 Å². The molecule has 0 radical (unpaired) electrons. The molecule has 0 aromatic heterocycles. The zero-order chi connectivity index (χ0) is 14.4. The quantitative estimate of drug-likeness (QED) is 0.618. The third-order valence-corrected chi connectivity index (χ3v) is 3.90. The van der Waals surface area contributed by atoms with E-state index in [4.69, 9.17) is 0 Å². The van der Waals surface area contributed by atoms with Crippen molar-refractivity contribution >= 4 is 28.5 Å². The van der Waals surface area contributed by atoms with Crippen molar-refractivity contribution in [2.75, 3.05) is 6.54 Å². The van der Waals surface area contributed by atoms with E-state index >= 15 is 0 Å². The first kappa shape index (κ1) is 15.0. The van der Waals surface area contributed by atoms with Gasteiger partial charge in [-0.15, -0.1) is 0 Å². The van der Waals surface area contributed by atoms with Gasteiger partial charge >= 0.3 is 0 Å². The minimum atomic E-state index is -0.222. The number of hydrogen-bond donors (Lipinski definition) is 1. The van der Waals surface area contributed by atoms with E-state index in [0.29, 0.717) is 12.1 Å². The van der Waals surface area contributed by atoms with Gasteiger partial charge in [0, 0.05) is 10.1 Å². The molecule has 1 amide bonds. The highest BCUT2D eigenvalue weighted by molar-refractivity contribution is 14.1. The summed E-state index contributed by atoms with van der Waals surface area (Å²) in [5.74, 6) is -0.269. The molecule has 0 unspecified atom stereocenters. The van der Waals surface area contributed by atoms with Crippen molar-refractivity contribution in [1.82, 2.24) is 5.32 Å². The summed E-state index contributed by atoms with van der Waals surface area (Å²) in [5.41, 5.74) is 1.78. The Morgan fingerprint density at radius 2 is 1.80 bits per heavy atom. The number of halogens is 2. The molecule has 20 heavy (non-hydrogen) atoms. The van der Waals surface area contributed by atoms with E-state index in [1.807, 2.05) is 24.3 Å². The van der Waals surface area contributed by atoms with Crippen LogP contribution in [0, 0.1) is 9.39 Å². The molecule has 1 N–H and O–H groups in total. The van der Waals surface area contributed by atoms with E-state index in [2.05, 4.69) is 27.9 Å². The van der Waals surface area contributed by atoms with Gasteiger partial charge in [0.1, 0.15) is 5.82 Å². The SMILES string of the molecule is O=C(NCCCc1ccc(F)cc1)c1ccccc1I. The average molecular weight is 383 g/mol. The highest BCUT2D eigenvalue weighted by atomic mass is 127. The highest BCUT2D eigenvalue weighted by Crippen LogP contribution is 2.11. The summed E-state index contributed by atoms with van der Waals surface area (Å²) in [5, 5.41) is 2.90. The molecule has 0 saturated carbocycles. The Morgan fingerprint density at radius 1 is 1.10 bits per heavy atom. The Morgan fingerprint density at radius 3 is 2.50 bits per heavy atom. The second-order valence-corrected chi connectivity index (χ2v) is 5.63. The fourth-order valence-corrected chi connectivity index (χ4v) is 2.52. The summed E-state index contributed by atoms with van der Waals surface area (Å²) in [6.45, 7) is 0.612. The van der Waals surface area contributed by atoms with Gasteiger partial charge in [0.2, 0.25) is 0 Å². The van der Waals surface area contributed by atoms with E-state index in [-0.39, 0.29) is 11.7 Å². The summed E-state index contributed by atoms with van der Waals surface area (Å²) in [6.07, 6.45) is 1.66. The van der Waals surface area contributed by atoms with Crippen LogP contribution in [-0.4, -0.2) is 12.5 Å². The van der Waals surface area contributed by atoms with Crippen LogP contribution in [0.5, 0.6) is 0 Å². The monoisotopic (exact) mass is 383 g/mol. The second kappa shape index (κ2) is 7.38. The Hall–Kier alpha value is -1.43. The van der Waals surface area contributed by atoms with E-state index < -0.39 is 0 Å². The fraction of sp³-hybridized carbons (Fsp3) is 0.188. The van der Waals surface area contributed by atoms with Gasteiger partial charge < -0.3 is 5.32 Å². The minimum Gasteiger partial charge on any atom is -0.352 e. The molecular formula is C16H15FINO. The van der Waals surface area contributed by atoms with E-state index in [1.165, 1.54) is 12.1 Å². The lowest BCUT2D eigenvalue weighted by Crippen LogP contribution is -2.25. The lowest BCUT2D eigenvalue weighted by molar-refractivity contribution is 0.0952. The highest BCUT2D eigenvalue weighted by Gasteiger charge is 2.07. The number of aryl methyl sites for hydroxylation is 1. The van der Waals surface area contributed by atoms with E-state index in [0.717, 1.165) is 22.0 Å². The van der Waals surface area contributed by atoms with Gasteiger partial charge in [-0.2, -0.15) is 0 Å². The maximum Gasteiger partial charge on any atom is 0.252 e. The zero-order valence-corrected chi connectivity index (χ0v) is 13.1. The Kier molecular flexibility index (Phi) is 5.52. The van der Waals surface area contributed by atoms with Crippen LogP contribution in [0.2, 0.25) is 0 Å². The maximum absolute atomic E-state index is 12.7. The Bertz CT molecular complexity index is 583. The molecule has 0 aliphatic carbocycles. The molecule has 0 heterocycles. The van der Waals surface area contributed by atoms with Crippen LogP contribution in [-0.2, 0) is 6.42 Å². The number of nitrogens with one attached hydrogen (secondary N) is 1. The summed E-state index contributed by atoms with van der Waals surface area (Å²) in [7, 11) is 0. The summed E-state index contributed by atoms with van der Waals surface area (Å²) < 4.78 is 13.7. The topological polar surface area (TPSA) is 29.1 Å². The Balaban J connectivity index is 1.77. The van der Waals surface area contributed by atoms with Gasteiger partial charge in [-0.05, 0) is 65.3 Å². The number of carbonyl (C=O) groups excluding carboxylic acids is 1. The molecule has 104 valence electrons. The van der Waals surface area contributed by atoms with Crippen molar-refractivity contribution in [3.05, 3.63) is 69.0 Å². The van der Waals surface area contributed by atoms with E-state index in [9.17, 15) is 9.18 Å². The number of rotatable bonds is 5. The van der Waals surface area contributed by atoms with Crippen molar-refractivity contribution in [3.63, 3.8) is 0 Å². The molecule has 0 saturated heterocycles. The number of carbonyl (C=O) groups is 1. The Labute approximate surface area is 131 Å². The normalized spacial score (nSPS) is 10.3. The van der Waals surface area contributed by atoms with Crippen LogP contribution in [0.4, 0.5) is 4.39 Å². The van der Waals surface area contributed by atoms with Gasteiger partial charge in [-0.3, -0.25) is 4.79 Å². The van der Waals surface area contributed by atoms with Crippen molar-refractivity contribution < 1.29 is 9.18 Å². The average Bonchev–Trinajstić information content (AvgIpc) is 2.46. The molecule has 4 heteroatoms. The van der Waals surface area contributed by atoms with Crippen LogP contribution in [0.1, 0.15) is 22.3 Å². The second-order valence-electron chi connectivity index (χ2n) is 4.47. The lowest BCUT2D eigenvalue weighted by Gasteiger charge is -2.07. The van der Waals surface area contributed by atoms with Crippen LogP contribution >= 0.6 is 22.6 Å². The predicted octanol–water partition coefficient (Wildman–Crippen LogP) is 3.79. The van der Waals surface area contributed by atoms with Crippen molar-refractivity contribution in [3.8, 4) is 0 Å². The van der Waals surface area contributed by atoms with Gasteiger partial charge in [-0.25, -0.2) is 4.39 Å². The maximum atomic E-state index is 12.7. The lowest BCUT2D eigenvalue weighted by atomic mass is 10.1. The molecule has 0 aliphatic heterocycles. The van der Waals surface area contributed by atoms with Crippen molar-refractivity contribution in [2.45, 2.75) is 12.8 Å². The summed E-state index contributed by atoms with van der Waals surface area (Å²) in [6, 6.07) is 14.0. The summed E-state index contributed by atoms with van der Waals surface area (Å²) >= 11 is 2.15. The predicted molar refractivity (Wildman–Crippen MR) is 86.2 cm³/mol. The van der Waals surface area contributed by atoms with Crippen LogP contribution < -0.4 is 5.32 Å². The molecule has 0 aliphatic rings. The third kappa shape index (κ3) is 4.30. The largest absolute Gasteiger partial charge is 0.352 e. The van der Waals surface area contributed by atoms with Gasteiger partial charge in [0.15, 0.2) is 0 Å². The van der Waals surface area contributed by atoms with Crippen LogP contribution in [0.25, 0.3) is 0 Å². The van der Waals surface area contributed by atoms with E-state index in [1.54, 1.807) is 12.1 Å². The van der Waals surface area contributed by atoms with Gasteiger partial charge in [0.05, 0.1) is 5.56 Å². The minimum absolute atomic E-state index is 0.0471. The van der Waals surface area contributed by atoms with Crippen LogP contribution in [0.15, 0.2) is 48.5 Å². The number of benzene rings is 2. The molecule has 0 fully saturated rings. The molecule has 0 bridgehead atoms. The number of hydrogen-bond acceptors (Lipinski definition) is 1. The summed E-state index contributed by atoms with van der Waals surface area (Å²) in [4.78, 5) is 12.0. The molecule has 2 nitrogen and oxygen atoms in total. The number of amides is 1. The molecule has 0 spiro atoms. The molecule has 0 atom stereocenters. The van der Waals surface area contributed by atoms with Gasteiger partial charge in [-0.1, -0.05) is 24.3 Å². The molecule has 2 aromatic rings. The smallest absolute Gasteiger partial charge is 0.252 e. The first-order valence-electron chi connectivity index (χ1n) is 6.44. The standard InChI is InChI=1S/C16H15FINO/c17-13-9-7-12(8-10-13)4-3-11-19-16(20)14-5-1-2-6-15(14)18/h1-2,5-10H,3-4,11H2,(H,19,20). The van der Waals surface area contributed by atoms with Gasteiger partial charge in [0.25, 0.3) is 5.91 Å². The fourth-order valence-electron chi connectivity index (χ4n) is 1.89. The van der Waals surface area contributed by atoms with Crippen LogP contribution in [0.3, 0.4) is 0 Å². The first-order chi connectivity index (χ1) is 9.66.